The maximum Gasteiger partial charge on any atom is 0.472 e. The van der Waals surface area contributed by atoms with E-state index in [1.807, 2.05) is 18.2 Å². The van der Waals surface area contributed by atoms with E-state index in [9.17, 15) is 43.2 Å². The summed E-state index contributed by atoms with van der Waals surface area (Å²) in [6.45, 7) is 4.51. The number of phosphoric acid groups is 2. The van der Waals surface area contributed by atoms with Gasteiger partial charge in [0.15, 0.2) is 12.2 Å². The standard InChI is InChI=1S/C89H150O17P2/c1-5-9-13-17-21-25-29-33-37-39-41-43-47-50-54-58-62-66-70-74-87(92)100-80-85(106-89(94)76-72-68-64-60-56-52-48-44-42-40-38-34-30-26-22-18-14-10-6-2)82-104-108(97,98)102-78-83(90)77-101-107(95,96)103-81-84(105-88(93)75-71-67-63-59-55-51-46-36-32-28-24-20-16-12-8-4)79-99-86(91)73-69-65-61-57-53-49-45-35-31-27-23-19-15-11-7-3/h9,11,13,15,21-23,25-27,33-35,37-38,41-45,53,57,65,69,83-85,90H,5-8,10,12,14,16-20,24,28-32,36,39-40,46-52,54-56,58-64,66-68,70-82H2,1-4H3,(H,95,96)(H,97,98)/b13-9-,15-11-,25-21-,26-22-,27-23-,37-33-,38-34-,43-41-,44-42-,45-35-,57-53-,69-65-. The quantitative estimate of drug-likeness (QED) is 0.0169. The van der Waals surface area contributed by atoms with Crippen molar-refractivity contribution >= 4 is 39.5 Å². The van der Waals surface area contributed by atoms with Crippen molar-refractivity contribution in [2.24, 2.45) is 0 Å². The van der Waals surface area contributed by atoms with E-state index in [2.05, 4.69) is 149 Å². The van der Waals surface area contributed by atoms with Gasteiger partial charge >= 0.3 is 39.5 Å². The number of aliphatic hydroxyl groups is 1. The van der Waals surface area contributed by atoms with Crippen molar-refractivity contribution in [3.05, 3.63) is 146 Å². The van der Waals surface area contributed by atoms with E-state index in [1.165, 1.54) is 83.5 Å². The smallest absolute Gasteiger partial charge is 0.462 e. The molecule has 0 aromatic rings. The van der Waals surface area contributed by atoms with Crippen LogP contribution in [0.3, 0.4) is 0 Å². The number of carbonyl (C=O) groups is 4. The van der Waals surface area contributed by atoms with Crippen molar-refractivity contribution in [2.45, 2.75) is 354 Å². The summed E-state index contributed by atoms with van der Waals surface area (Å²) in [4.78, 5) is 73.1. The fraction of sp³-hybridized carbons (Fsp3) is 0.685. The molecule has 0 radical (unpaired) electrons. The highest BCUT2D eigenvalue weighted by molar-refractivity contribution is 7.47. The SMILES string of the molecule is CC/C=C\C/C=C\C/C=C\C/C=C\C/C=C\CC(=O)OCC(COP(=O)(O)OCC(O)COP(=O)(O)OCC(COC(=O)CCCCCCCC/C=C\C/C=C\C/C=C\C/C=C\CC)OC(=O)CCCCCCCC/C=C\C/C=C\C/C=C\CCCCC)OC(=O)CCCCCCCCCCCCCCCCC. The van der Waals surface area contributed by atoms with Gasteiger partial charge in [0.1, 0.15) is 19.3 Å². The van der Waals surface area contributed by atoms with E-state index < -0.39 is 97.5 Å². The predicted octanol–water partition coefficient (Wildman–Crippen LogP) is 25.0. The lowest BCUT2D eigenvalue weighted by molar-refractivity contribution is -0.161. The van der Waals surface area contributed by atoms with Crippen molar-refractivity contribution in [1.82, 2.24) is 0 Å². The maximum atomic E-state index is 13.1. The first-order chi connectivity index (χ1) is 52.7. The van der Waals surface area contributed by atoms with Crippen LogP contribution in [0.5, 0.6) is 0 Å². The van der Waals surface area contributed by atoms with Crippen LogP contribution in [0, 0.1) is 0 Å². The Kier molecular flexibility index (Phi) is 76.3. The first-order valence-corrected chi connectivity index (χ1v) is 45.1. The monoisotopic (exact) mass is 1550 g/mol. The van der Waals surface area contributed by atoms with Crippen LogP contribution < -0.4 is 0 Å². The third-order valence-corrected chi connectivity index (χ3v) is 19.2. The molecule has 19 heteroatoms. The van der Waals surface area contributed by atoms with Crippen LogP contribution in [-0.4, -0.2) is 96.7 Å². The molecule has 0 bridgehead atoms. The molecule has 0 heterocycles. The zero-order valence-electron chi connectivity index (χ0n) is 67.7. The molecule has 5 atom stereocenters. The van der Waals surface area contributed by atoms with Crippen LogP contribution in [-0.2, 0) is 65.4 Å². The molecule has 0 rings (SSSR count). The number of carbonyl (C=O) groups excluding carboxylic acids is 4. The highest BCUT2D eigenvalue weighted by Crippen LogP contribution is 2.45. The van der Waals surface area contributed by atoms with E-state index in [-0.39, 0.29) is 25.7 Å². The summed E-state index contributed by atoms with van der Waals surface area (Å²) in [6, 6.07) is 0. The Bertz CT molecular complexity index is 2610. The number of phosphoric ester groups is 2. The zero-order chi connectivity index (χ0) is 78.9. The summed E-state index contributed by atoms with van der Waals surface area (Å²) >= 11 is 0. The highest BCUT2D eigenvalue weighted by Gasteiger charge is 2.30. The number of allylic oxidation sites excluding steroid dienone is 23. The van der Waals surface area contributed by atoms with Crippen molar-refractivity contribution < 1.29 is 80.2 Å². The molecule has 17 nitrogen and oxygen atoms in total. The Morgan fingerprint density at radius 1 is 0.278 bits per heavy atom. The van der Waals surface area contributed by atoms with Gasteiger partial charge in [0.05, 0.1) is 32.8 Å². The van der Waals surface area contributed by atoms with Crippen LogP contribution in [0.1, 0.15) is 336 Å². The van der Waals surface area contributed by atoms with E-state index in [1.54, 1.807) is 6.08 Å². The second-order valence-electron chi connectivity index (χ2n) is 27.7. The molecule has 0 saturated carbocycles. The van der Waals surface area contributed by atoms with Crippen molar-refractivity contribution in [3.63, 3.8) is 0 Å². The molecule has 0 saturated heterocycles. The molecule has 3 N–H and O–H groups in total. The van der Waals surface area contributed by atoms with Gasteiger partial charge in [0.2, 0.25) is 0 Å². The first kappa shape index (κ1) is 103. The number of unbranched alkanes of at least 4 members (excludes halogenated alkanes) is 29. The summed E-state index contributed by atoms with van der Waals surface area (Å²) in [6.07, 6.45) is 92.7. The lowest BCUT2D eigenvalue weighted by Gasteiger charge is -2.21. The number of aliphatic hydroxyl groups excluding tert-OH is 1. The number of ether oxygens (including phenoxy) is 4. The van der Waals surface area contributed by atoms with Gasteiger partial charge in [-0.05, 0) is 128 Å². The minimum Gasteiger partial charge on any atom is -0.462 e. The average Bonchev–Trinajstić information content (AvgIpc) is 0.899. The van der Waals surface area contributed by atoms with Crippen LogP contribution in [0.25, 0.3) is 0 Å². The number of hydrogen-bond acceptors (Lipinski definition) is 15. The summed E-state index contributed by atoms with van der Waals surface area (Å²) in [7, 11) is -10.0. The Balaban J connectivity index is 5.45. The summed E-state index contributed by atoms with van der Waals surface area (Å²) in [5, 5.41) is 10.7. The normalized spacial score (nSPS) is 14.5. The molecule has 618 valence electrons. The third-order valence-electron chi connectivity index (χ3n) is 17.3. The lowest BCUT2D eigenvalue weighted by Crippen LogP contribution is -2.30. The Labute approximate surface area is 656 Å². The van der Waals surface area contributed by atoms with Gasteiger partial charge in [-0.1, -0.05) is 328 Å². The van der Waals surface area contributed by atoms with E-state index in [4.69, 9.17) is 37.0 Å². The molecule has 0 aliphatic heterocycles. The van der Waals surface area contributed by atoms with Gasteiger partial charge in [-0.25, -0.2) is 9.13 Å². The maximum absolute atomic E-state index is 13.1. The van der Waals surface area contributed by atoms with Gasteiger partial charge < -0.3 is 33.8 Å². The Morgan fingerprint density at radius 2 is 0.519 bits per heavy atom. The minimum absolute atomic E-state index is 0.0714. The minimum atomic E-state index is -5.00. The van der Waals surface area contributed by atoms with E-state index in [0.29, 0.717) is 25.7 Å². The molecule has 0 aromatic carbocycles. The van der Waals surface area contributed by atoms with Crippen LogP contribution in [0.4, 0.5) is 0 Å². The third kappa shape index (κ3) is 79.0. The lowest BCUT2D eigenvalue weighted by atomic mass is 10.0. The van der Waals surface area contributed by atoms with Crippen LogP contribution >= 0.6 is 15.6 Å². The number of hydrogen-bond donors (Lipinski definition) is 3. The average molecular weight is 1550 g/mol. The Morgan fingerprint density at radius 3 is 0.843 bits per heavy atom. The van der Waals surface area contributed by atoms with E-state index >= 15 is 0 Å². The predicted molar refractivity (Wildman–Crippen MR) is 445 cm³/mol. The second-order valence-corrected chi connectivity index (χ2v) is 30.6. The molecule has 0 fully saturated rings. The molecule has 0 amide bonds. The van der Waals surface area contributed by atoms with Crippen molar-refractivity contribution in [2.75, 3.05) is 39.6 Å². The number of esters is 4. The molecule has 108 heavy (non-hydrogen) atoms. The van der Waals surface area contributed by atoms with Gasteiger partial charge in [0.25, 0.3) is 0 Å². The molecule has 0 spiro atoms. The summed E-state index contributed by atoms with van der Waals surface area (Å²) < 4.78 is 68.6. The topological polar surface area (TPSA) is 237 Å². The van der Waals surface area contributed by atoms with Crippen molar-refractivity contribution in [3.8, 4) is 0 Å². The van der Waals surface area contributed by atoms with Gasteiger partial charge in [0, 0.05) is 19.3 Å². The Hall–Kier alpha value is -5.06. The number of rotatable bonds is 78. The molecule has 0 aliphatic carbocycles. The zero-order valence-corrected chi connectivity index (χ0v) is 69.5. The molecule has 0 aliphatic rings. The molecule has 5 unspecified atom stereocenters. The van der Waals surface area contributed by atoms with Crippen molar-refractivity contribution in [1.29, 1.82) is 0 Å². The van der Waals surface area contributed by atoms with Gasteiger partial charge in [-0.15, -0.1) is 0 Å². The van der Waals surface area contributed by atoms with E-state index in [0.717, 1.165) is 173 Å². The van der Waals surface area contributed by atoms with Crippen LogP contribution in [0.2, 0.25) is 0 Å². The second kappa shape index (κ2) is 80.0. The van der Waals surface area contributed by atoms with Gasteiger partial charge in [-0.2, -0.15) is 0 Å². The summed E-state index contributed by atoms with van der Waals surface area (Å²) in [5.74, 6) is -2.34. The van der Waals surface area contributed by atoms with Gasteiger partial charge in [-0.3, -0.25) is 37.3 Å². The molecule has 0 aromatic heterocycles. The summed E-state index contributed by atoms with van der Waals surface area (Å²) in [5.41, 5.74) is 0. The molecular weight excluding hydrogens is 1400 g/mol. The molecular formula is C89H150O17P2. The fourth-order valence-corrected chi connectivity index (χ4v) is 12.6. The highest BCUT2D eigenvalue weighted by atomic mass is 31.2. The first-order valence-electron chi connectivity index (χ1n) is 42.1. The largest absolute Gasteiger partial charge is 0.472 e. The van der Waals surface area contributed by atoms with Crippen LogP contribution in [0.15, 0.2) is 146 Å². The fourth-order valence-electron chi connectivity index (χ4n) is 11.0.